The summed E-state index contributed by atoms with van der Waals surface area (Å²) in [5, 5.41) is 3.71. The van der Waals surface area contributed by atoms with Crippen molar-refractivity contribution in [1.82, 2.24) is 5.32 Å². The lowest BCUT2D eigenvalue weighted by atomic mass is 10.1. The molecule has 86 valence electrons. The van der Waals surface area contributed by atoms with Gasteiger partial charge < -0.3 is 0 Å². The van der Waals surface area contributed by atoms with Gasteiger partial charge in [-0.3, -0.25) is 5.32 Å². The first-order valence-corrected chi connectivity index (χ1v) is 6.89. The van der Waals surface area contributed by atoms with Crippen molar-refractivity contribution in [3.63, 3.8) is 0 Å². The topological polar surface area (TPSA) is 12.0 Å². The second-order valence-electron chi connectivity index (χ2n) is 4.81. The van der Waals surface area contributed by atoms with Gasteiger partial charge in [0.05, 0.1) is 4.87 Å². The highest BCUT2D eigenvalue weighted by Gasteiger charge is 2.41. The molecule has 0 radical (unpaired) electrons. The number of thioether (sulfide) groups is 1. The van der Waals surface area contributed by atoms with Crippen LogP contribution in [0.2, 0.25) is 0 Å². The quantitative estimate of drug-likeness (QED) is 0.744. The average molecular weight is 237 g/mol. The van der Waals surface area contributed by atoms with Gasteiger partial charge in [-0.15, -0.1) is 11.8 Å². The zero-order chi connectivity index (χ0) is 11.2. The summed E-state index contributed by atoms with van der Waals surface area (Å²) in [6.07, 6.45) is 3.32. The van der Waals surface area contributed by atoms with Crippen molar-refractivity contribution in [2.24, 2.45) is 0 Å². The standard InChI is InChI=1S/C13H16FNS/c1-9-5-7-16-13(15-9)6-4-10-8-11(14)2-3-12(10)13/h2-3,8-9,15H,4-7H2,1H3. The molecule has 0 bridgehead atoms. The Kier molecular flexibility index (Phi) is 2.48. The first-order valence-electron chi connectivity index (χ1n) is 5.90. The molecule has 0 aromatic heterocycles. The fraction of sp³-hybridized carbons (Fsp3) is 0.538. The summed E-state index contributed by atoms with van der Waals surface area (Å²) in [5.74, 6) is 1.09. The zero-order valence-corrected chi connectivity index (χ0v) is 10.2. The monoisotopic (exact) mass is 237 g/mol. The number of halogens is 1. The molecule has 16 heavy (non-hydrogen) atoms. The number of aryl methyl sites for hydroxylation is 1. The molecule has 2 unspecified atom stereocenters. The van der Waals surface area contributed by atoms with Gasteiger partial charge >= 0.3 is 0 Å². The highest BCUT2D eigenvalue weighted by atomic mass is 32.2. The maximum atomic E-state index is 13.2. The molecule has 1 aromatic carbocycles. The molecule has 1 aliphatic carbocycles. The molecular formula is C13H16FNS. The van der Waals surface area contributed by atoms with Crippen molar-refractivity contribution in [2.75, 3.05) is 5.75 Å². The van der Waals surface area contributed by atoms with Gasteiger partial charge in [0.1, 0.15) is 5.82 Å². The Labute approximate surface area is 99.8 Å². The van der Waals surface area contributed by atoms with E-state index >= 15 is 0 Å². The van der Waals surface area contributed by atoms with Crippen molar-refractivity contribution in [2.45, 2.75) is 37.1 Å². The number of hydrogen-bond donors (Lipinski definition) is 1. The van der Waals surface area contributed by atoms with Crippen molar-refractivity contribution in [3.8, 4) is 0 Å². The fourth-order valence-electron chi connectivity index (χ4n) is 2.83. The van der Waals surface area contributed by atoms with E-state index in [-0.39, 0.29) is 10.7 Å². The maximum absolute atomic E-state index is 13.2. The van der Waals surface area contributed by atoms with Crippen molar-refractivity contribution >= 4 is 11.8 Å². The summed E-state index contributed by atoms with van der Waals surface area (Å²) in [6, 6.07) is 5.83. The van der Waals surface area contributed by atoms with Gasteiger partial charge in [-0.25, -0.2) is 4.39 Å². The Hall–Kier alpha value is -0.540. The number of fused-ring (bicyclic) bond motifs is 2. The summed E-state index contributed by atoms with van der Waals surface area (Å²) in [6.45, 7) is 2.24. The third-order valence-electron chi connectivity index (χ3n) is 3.63. The molecule has 1 saturated heterocycles. The second-order valence-corrected chi connectivity index (χ2v) is 6.20. The Balaban J connectivity index is 2.01. The molecular weight excluding hydrogens is 221 g/mol. The van der Waals surface area contributed by atoms with Crippen LogP contribution in [0.4, 0.5) is 4.39 Å². The van der Waals surface area contributed by atoms with Gasteiger partial charge in [-0.05, 0) is 55.2 Å². The second kappa shape index (κ2) is 3.74. The normalized spacial score (nSPS) is 33.0. The molecule has 2 aliphatic rings. The van der Waals surface area contributed by atoms with E-state index < -0.39 is 0 Å². The van der Waals surface area contributed by atoms with E-state index in [0.29, 0.717) is 6.04 Å². The number of nitrogens with one attached hydrogen (secondary N) is 1. The summed E-state index contributed by atoms with van der Waals surface area (Å²) in [7, 11) is 0. The Bertz CT molecular complexity index is 420. The lowest BCUT2D eigenvalue weighted by Crippen LogP contribution is -2.46. The SMILES string of the molecule is CC1CCSC2(CCc3cc(F)ccc32)N1. The smallest absolute Gasteiger partial charge is 0.123 e. The molecule has 0 amide bonds. The van der Waals surface area contributed by atoms with Crippen LogP contribution >= 0.6 is 11.8 Å². The molecule has 2 atom stereocenters. The third kappa shape index (κ3) is 1.57. The number of hydrogen-bond acceptors (Lipinski definition) is 2. The molecule has 1 aromatic rings. The van der Waals surface area contributed by atoms with E-state index in [9.17, 15) is 4.39 Å². The Morgan fingerprint density at radius 2 is 2.38 bits per heavy atom. The molecule has 1 heterocycles. The van der Waals surface area contributed by atoms with E-state index in [1.807, 2.05) is 17.8 Å². The highest BCUT2D eigenvalue weighted by molar-refractivity contribution is 8.00. The number of rotatable bonds is 0. The van der Waals surface area contributed by atoms with E-state index in [1.54, 1.807) is 12.1 Å². The molecule has 1 aliphatic heterocycles. The van der Waals surface area contributed by atoms with E-state index in [4.69, 9.17) is 0 Å². The summed E-state index contributed by atoms with van der Waals surface area (Å²) >= 11 is 1.99. The molecule has 3 heteroatoms. The fourth-order valence-corrected chi connectivity index (χ4v) is 4.54. The van der Waals surface area contributed by atoms with Crippen LogP contribution in [-0.4, -0.2) is 11.8 Å². The van der Waals surface area contributed by atoms with Crippen LogP contribution in [0.15, 0.2) is 18.2 Å². The molecule has 1 fully saturated rings. The molecule has 1 N–H and O–H groups in total. The Morgan fingerprint density at radius 1 is 1.50 bits per heavy atom. The van der Waals surface area contributed by atoms with E-state index in [1.165, 1.54) is 23.3 Å². The lowest BCUT2D eigenvalue weighted by molar-refractivity contribution is 0.393. The van der Waals surface area contributed by atoms with Crippen molar-refractivity contribution in [1.29, 1.82) is 0 Å². The van der Waals surface area contributed by atoms with Crippen LogP contribution in [0.3, 0.4) is 0 Å². The van der Waals surface area contributed by atoms with Crippen molar-refractivity contribution in [3.05, 3.63) is 35.1 Å². The van der Waals surface area contributed by atoms with Gasteiger partial charge in [-0.2, -0.15) is 0 Å². The zero-order valence-electron chi connectivity index (χ0n) is 9.42. The minimum Gasteiger partial charge on any atom is -0.297 e. The van der Waals surface area contributed by atoms with Gasteiger partial charge in [0.2, 0.25) is 0 Å². The highest BCUT2D eigenvalue weighted by Crippen LogP contribution is 2.47. The average Bonchev–Trinajstić information content (AvgIpc) is 2.57. The van der Waals surface area contributed by atoms with Gasteiger partial charge in [0.15, 0.2) is 0 Å². The van der Waals surface area contributed by atoms with E-state index in [0.717, 1.165) is 12.8 Å². The van der Waals surface area contributed by atoms with Crippen LogP contribution in [0.1, 0.15) is 30.9 Å². The first-order chi connectivity index (χ1) is 7.70. The molecule has 1 spiro atoms. The van der Waals surface area contributed by atoms with Crippen LogP contribution in [0.5, 0.6) is 0 Å². The lowest BCUT2D eigenvalue weighted by Gasteiger charge is -2.38. The predicted octanol–water partition coefficient (Wildman–Crippen LogP) is 3.04. The van der Waals surface area contributed by atoms with Crippen LogP contribution in [0, 0.1) is 5.82 Å². The predicted molar refractivity (Wildman–Crippen MR) is 66.1 cm³/mol. The van der Waals surface area contributed by atoms with Gasteiger partial charge in [-0.1, -0.05) is 6.07 Å². The van der Waals surface area contributed by atoms with Crippen molar-refractivity contribution < 1.29 is 4.39 Å². The minimum absolute atomic E-state index is 0.0701. The maximum Gasteiger partial charge on any atom is 0.123 e. The van der Waals surface area contributed by atoms with Crippen LogP contribution < -0.4 is 5.32 Å². The summed E-state index contributed by atoms with van der Waals surface area (Å²) in [5.41, 5.74) is 2.50. The van der Waals surface area contributed by atoms with E-state index in [2.05, 4.69) is 12.2 Å². The third-order valence-corrected chi connectivity index (χ3v) is 5.10. The molecule has 3 rings (SSSR count). The van der Waals surface area contributed by atoms with Gasteiger partial charge in [0.25, 0.3) is 0 Å². The first kappa shape index (κ1) is 10.6. The minimum atomic E-state index is -0.107. The number of benzene rings is 1. The Morgan fingerprint density at radius 3 is 3.19 bits per heavy atom. The van der Waals surface area contributed by atoms with Crippen LogP contribution in [-0.2, 0) is 11.3 Å². The largest absolute Gasteiger partial charge is 0.297 e. The van der Waals surface area contributed by atoms with Gasteiger partial charge in [0, 0.05) is 6.04 Å². The molecule has 1 nitrogen and oxygen atoms in total. The molecule has 0 saturated carbocycles. The summed E-state index contributed by atoms with van der Waals surface area (Å²) < 4.78 is 13.2. The van der Waals surface area contributed by atoms with Crippen LogP contribution in [0.25, 0.3) is 0 Å². The summed E-state index contributed by atoms with van der Waals surface area (Å²) in [4.78, 5) is 0.0701.